The average Bonchev–Trinajstić information content (AvgIpc) is 2.69. The summed E-state index contributed by atoms with van der Waals surface area (Å²) in [5.41, 5.74) is 6.89. The number of aromatic nitrogens is 3. The maximum atomic E-state index is 10.6. The summed E-state index contributed by atoms with van der Waals surface area (Å²) in [6.45, 7) is 2.61. The van der Waals surface area contributed by atoms with Crippen molar-refractivity contribution < 1.29 is 4.79 Å². The van der Waals surface area contributed by atoms with E-state index in [4.69, 9.17) is 5.73 Å². The van der Waals surface area contributed by atoms with Gasteiger partial charge in [0, 0.05) is 18.7 Å². The first-order valence-corrected chi connectivity index (χ1v) is 5.51. The lowest BCUT2D eigenvalue weighted by molar-refractivity contribution is -0.118. The predicted octanol–water partition coefficient (Wildman–Crippen LogP) is 0.715. The highest BCUT2D eigenvalue weighted by atomic mass is 16.1. The van der Waals surface area contributed by atoms with Crippen LogP contribution in [0.1, 0.15) is 18.5 Å². The van der Waals surface area contributed by atoms with E-state index >= 15 is 0 Å². The van der Waals surface area contributed by atoms with Gasteiger partial charge in [-0.15, -0.1) is 5.10 Å². The molecule has 0 aliphatic rings. The quantitative estimate of drug-likeness (QED) is 0.745. The van der Waals surface area contributed by atoms with Gasteiger partial charge in [-0.1, -0.05) is 6.07 Å². The highest BCUT2D eigenvalue weighted by Gasteiger charge is 2.03. The summed E-state index contributed by atoms with van der Waals surface area (Å²) in [5.74, 6) is 0.286. The molecule has 2 aromatic heterocycles. The van der Waals surface area contributed by atoms with E-state index < -0.39 is 0 Å². The van der Waals surface area contributed by atoms with Crippen LogP contribution in [0.15, 0.2) is 18.2 Å². The Kier molecular flexibility index (Phi) is 3.22. The zero-order valence-electron chi connectivity index (χ0n) is 9.68. The molecule has 17 heavy (non-hydrogen) atoms. The van der Waals surface area contributed by atoms with Gasteiger partial charge in [-0.2, -0.15) is 4.98 Å². The van der Waals surface area contributed by atoms with Crippen LogP contribution < -0.4 is 11.1 Å². The van der Waals surface area contributed by atoms with E-state index in [1.165, 1.54) is 0 Å². The van der Waals surface area contributed by atoms with Crippen LogP contribution in [0, 0.1) is 6.92 Å². The predicted molar refractivity (Wildman–Crippen MR) is 64.6 cm³/mol. The molecule has 6 nitrogen and oxygen atoms in total. The number of nitrogens with two attached hydrogens (primary N) is 1. The minimum absolute atomic E-state index is 0.286. The smallest absolute Gasteiger partial charge is 0.243 e. The number of aryl methyl sites for hydroxylation is 1. The van der Waals surface area contributed by atoms with Crippen molar-refractivity contribution in [2.24, 2.45) is 5.73 Å². The number of anilines is 1. The normalized spacial score (nSPS) is 10.6. The van der Waals surface area contributed by atoms with E-state index in [1.54, 1.807) is 4.52 Å². The van der Waals surface area contributed by atoms with Crippen LogP contribution in [-0.2, 0) is 4.79 Å². The fourth-order valence-electron chi connectivity index (χ4n) is 1.57. The van der Waals surface area contributed by atoms with Crippen LogP contribution >= 0.6 is 0 Å². The second kappa shape index (κ2) is 4.82. The minimum atomic E-state index is -0.286. The summed E-state index contributed by atoms with van der Waals surface area (Å²) < 4.78 is 1.77. The molecule has 0 spiro atoms. The Morgan fingerprint density at radius 2 is 2.35 bits per heavy atom. The van der Waals surface area contributed by atoms with Crippen molar-refractivity contribution in [1.82, 2.24) is 14.6 Å². The molecule has 0 aromatic carbocycles. The second-order valence-electron chi connectivity index (χ2n) is 3.87. The summed E-state index contributed by atoms with van der Waals surface area (Å²) in [6, 6.07) is 5.81. The van der Waals surface area contributed by atoms with Gasteiger partial charge in [-0.05, 0) is 25.5 Å². The van der Waals surface area contributed by atoms with Crippen molar-refractivity contribution in [2.75, 3.05) is 11.9 Å². The Bertz CT molecular complexity index is 534. The summed E-state index contributed by atoms with van der Waals surface area (Å²) in [4.78, 5) is 14.9. The number of nitrogens with one attached hydrogen (secondary N) is 1. The zero-order chi connectivity index (χ0) is 12.3. The lowest BCUT2D eigenvalue weighted by Gasteiger charge is -1.98. The van der Waals surface area contributed by atoms with Crippen molar-refractivity contribution in [3.05, 3.63) is 23.9 Å². The van der Waals surface area contributed by atoms with Gasteiger partial charge in [0.1, 0.15) is 0 Å². The van der Waals surface area contributed by atoms with Gasteiger partial charge in [0.05, 0.1) is 0 Å². The molecule has 0 unspecified atom stereocenters. The molecule has 90 valence electrons. The van der Waals surface area contributed by atoms with E-state index in [0.29, 0.717) is 25.3 Å². The molecule has 0 aliphatic carbocycles. The van der Waals surface area contributed by atoms with Gasteiger partial charge in [-0.25, -0.2) is 4.52 Å². The molecule has 3 N–H and O–H groups in total. The Hall–Kier alpha value is -2.11. The maximum Gasteiger partial charge on any atom is 0.243 e. The van der Waals surface area contributed by atoms with Crippen molar-refractivity contribution in [1.29, 1.82) is 0 Å². The van der Waals surface area contributed by atoms with E-state index in [-0.39, 0.29) is 5.91 Å². The van der Waals surface area contributed by atoms with Gasteiger partial charge in [0.15, 0.2) is 5.65 Å². The van der Waals surface area contributed by atoms with E-state index in [1.807, 2.05) is 25.1 Å². The highest BCUT2D eigenvalue weighted by molar-refractivity contribution is 5.73. The molecule has 0 saturated carbocycles. The third-order valence-corrected chi connectivity index (χ3v) is 2.43. The van der Waals surface area contributed by atoms with Gasteiger partial charge >= 0.3 is 0 Å². The number of pyridine rings is 1. The second-order valence-corrected chi connectivity index (χ2v) is 3.87. The number of rotatable bonds is 5. The lowest BCUT2D eigenvalue weighted by atomic mass is 10.3. The number of amides is 1. The Labute approximate surface area is 98.8 Å². The number of fused-ring (bicyclic) bond motifs is 1. The van der Waals surface area contributed by atoms with Crippen LogP contribution in [0.3, 0.4) is 0 Å². The van der Waals surface area contributed by atoms with E-state index in [0.717, 1.165) is 11.3 Å². The first-order valence-electron chi connectivity index (χ1n) is 5.51. The molecular weight excluding hydrogens is 218 g/mol. The minimum Gasteiger partial charge on any atom is -0.370 e. The number of carbonyl (C=O) groups is 1. The topological polar surface area (TPSA) is 85.3 Å². The fraction of sp³-hybridized carbons (Fsp3) is 0.364. The molecule has 1 amide bonds. The largest absolute Gasteiger partial charge is 0.370 e. The summed E-state index contributed by atoms with van der Waals surface area (Å²) >= 11 is 0. The summed E-state index contributed by atoms with van der Waals surface area (Å²) in [5, 5.41) is 7.37. The molecular formula is C11H15N5O. The van der Waals surface area contributed by atoms with Crippen LogP contribution in [-0.4, -0.2) is 27.0 Å². The van der Waals surface area contributed by atoms with Crippen LogP contribution in [0.4, 0.5) is 5.95 Å². The highest BCUT2D eigenvalue weighted by Crippen LogP contribution is 2.07. The van der Waals surface area contributed by atoms with Gasteiger partial charge in [0.2, 0.25) is 11.9 Å². The third-order valence-electron chi connectivity index (χ3n) is 2.43. The van der Waals surface area contributed by atoms with Gasteiger partial charge < -0.3 is 11.1 Å². The molecule has 0 fully saturated rings. The molecule has 2 aromatic rings. The van der Waals surface area contributed by atoms with Crippen LogP contribution in [0.25, 0.3) is 5.65 Å². The summed E-state index contributed by atoms with van der Waals surface area (Å²) in [6.07, 6.45) is 1.06. The first-order chi connectivity index (χ1) is 8.16. The Morgan fingerprint density at radius 3 is 3.06 bits per heavy atom. The van der Waals surface area contributed by atoms with Crippen molar-refractivity contribution in [3.8, 4) is 0 Å². The van der Waals surface area contributed by atoms with Crippen LogP contribution in [0.5, 0.6) is 0 Å². The van der Waals surface area contributed by atoms with Crippen LogP contribution in [0.2, 0.25) is 0 Å². The third kappa shape index (κ3) is 2.72. The molecule has 0 bridgehead atoms. The number of nitrogens with zero attached hydrogens (tertiary/aromatic N) is 3. The molecule has 2 rings (SSSR count). The SMILES string of the molecule is Cc1cccc2nc(NCCCC(N)=O)nn12. The van der Waals surface area contributed by atoms with Crippen molar-refractivity contribution in [3.63, 3.8) is 0 Å². The lowest BCUT2D eigenvalue weighted by Crippen LogP contribution is -2.13. The van der Waals surface area contributed by atoms with Crippen molar-refractivity contribution >= 4 is 17.5 Å². The van der Waals surface area contributed by atoms with Gasteiger partial charge in [-0.3, -0.25) is 4.79 Å². The summed E-state index contributed by atoms with van der Waals surface area (Å²) in [7, 11) is 0. The van der Waals surface area contributed by atoms with Gasteiger partial charge in [0.25, 0.3) is 0 Å². The molecule has 0 atom stereocenters. The van der Waals surface area contributed by atoms with E-state index in [2.05, 4.69) is 15.4 Å². The monoisotopic (exact) mass is 233 g/mol. The number of hydrogen-bond donors (Lipinski definition) is 2. The molecule has 2 heterocycles. The maximum absolute atomic E-state index is 10.6. The molecule has 0 aliphatic heterocycles. The number of primary amides is 1. The molecule has 0 radical (unpaired) electrons. The fourth-order valence-corrected chi connectivity index (χ4v) is 1.57. The molecule has 0 saturated heterocycles. The average molecular weight is 233 g/mol. The zero-order valence-corrected chi connectivity index (χ0v) is 9.68. The standard InChI is InChI=1S/C11H15N5O/c1-8-4-2-6-10-14-11(15-16(8)10)13-7-3-5-9(12)17/h2,4,6H,3,5,7H2,1H3,(H2,12,17)(H,13,15). The van der Waals surface area contributed by atoms with Crippen molar-refractivity contribution in [2.45, 2.75) is 19.8 Å². The molecule has 6 heteroatoms. The number of carbonyl (C=O) groups excluding carboxylic acids is 1. The number of hydrogen-bond acceptors (Lipinski definition) is 4. The van der Waals surface area contributed by atoms with E-state index in [9.17, 15) is 4.79 Å². The first kappa shape index (κ1) is 11.4. The Morgan fingerprint density at radius 1 is 1.53 bits per heavy atom. The Balaban J connectivity index is 2.00.